The quantitative estimate of drug-likeness (QED) is 0.181. The molecular formula is C53H30N4. The Bertz CT molecular complexity index is 3190. The summed E-state index contributed by atoms with van der Waals surface area (Å²) in [5.41, 5.74) is 18.9. The van der Waals surface area contributed by atoms with Gasteiger partial charge in [-0.2, -0.15) is 10.5 Å². The number of benzene rings is 7. The van der Waals surface area contributed by atoms with E-state index in [-0.39, 0.29) is 0 Å². The van der Waals surface area contributed by atoms with Gasteiger partial charge in [0.1, 0.15) is 12.1 Å². The summed E-state index contributed by atoms with van der Waals surface area (Å²) >= 11 is 0. The Kier molecular flexibility index (Phi) is 7.17. The number of rotatable bonds is 4. The fraction of sp³-hybridized carbons (Fsp3) is 0.0189. The lowest BCUT2D eigenvalue weighted by Crippen LogP contribution is -2.26. The number of fused-ring (bicyclic) bond motifs is 12. The summed E-state index contributed by atoms with van der Waals surface area (Å²) in [4.78, 5) is 8.70. The first-order valence-corrected chi connectivity index (χ1v) is 19.0. The van der Waals surface area contributed by atoms with Crippen molar-refractivity contribution >= 4 is 10.8 Å². The van der Waals surface area contributed by atoms with Crippen LogP contribution in [0.15, 0.2) is 183 Å². The molecule has 0 saturated heterocycles. The van der Waals surface area contributed by atoms with E-state index < -0.39 is 5.41 Å². The van der Waals surface area contributed by atoms with Gasteiger partial charge in [-0.3, -0.25) is 9.97 Å². The molecular weight excluding hydrogens is 693 g/mol. The predicted molar refractivity (Wildman–Crippen MR) is 227 cm³/mol. The summed E-state index contributed by atoms with van der Waals surface area (Å²) in [6.07, 6.45) is 6.84. The second-order valence-corrected chi connectivity index (χ2v) is 14.8. The third-order valence-electron chi connectivity index (χ3n) is 11.9. The summed E-state index contributed by atoms with van der Waals surface area (Å²) in [6.45, 7) is 0. The van der Waals surface area contributed by atoms with E-state index in [2.05, 4.69) is 168 Å². The first-order chi connectivity index (χ1) is 28.1. The Balaban J connectivity index is 1.19. The Morgan fingerprint density at radius 1 is 0.351 bits per heavy atom. The molecule has 9 aromatic rings. The van der Waals surface area contributed by atoms with E-state index in [4.69, 9.17) is 0 Å². The van der Waals surface area contributed by atoms with E-state index >= 15 is 0 Å². The van der Waals surface area contributed by atoms with Crippen molar-refractivity contribution in [1.29, 1.82) is 10.5 Å². The van der Waals surface area contributed by atoms with Crippen LogP contribution < -0.4 is 0 Å². The first-order valence-electron chi connectivity index (χ1n) is 19.0. The molecule has 57 heavy (non-hydrogen) atoms. The Morgan fingerprint density at radius 3 is 1.51 bits per heavy atom. The molecule has 2 aliphatic carbocycles. The topological polar surface area (TPSA) is 73.4 Å². The van der Waals surface area contributed by atoms with Crippen LogP contribution in [0.4, 0.5) is 0 Å². The van der Waals surface area contributed by atoms with Gasteiger partial charge < -0.3 is 0 Å². The minimum Gasteiger partial charge on any atom is -0.263 e. The Morgan fingerprint density at radius 2 is 0.877 bits per heavy atom. The lowest BCUT2D eigenvalue weighted by atomic mass is 9.69. The third kappa shape index (κ3) is 4.78. The average Bonchev–Trinajstić information content (AvgIpc) is 3.76. The van der Waals surface area contributed by atoms with Gasteiger partial charge in [0, 0.05) is 35.9 Å². The maximum atomic E-state index is 9.62. The van der Waals surface area contributed by atoms with Gasteiger partial charge in [0.15, 0.2) is 0 Å². The molecule has 2 aromatic heterocycles. The van der Waals surface area contributed by atoms with Crippen molar-refractivity contribution in [3.63, 3.8) is 0 Å². The van der Waals surface area contributed by atoms with Crippen LogP contribution in [0.2, 0.25) is 0 Å². The molecule has 4 nitrogen and oxygen atoms in total. The number of hydrogen-bond donors (Lipinski definition) is 0. The highest BCUT2D eigenvalue weighted by Crippen LogP contribution is 2.64. The van der Waals surface area contributed by atoms with Crippen molar-refractivity contribution in [3.8, 4) is 78.9 Å². The van der Waals surface area contributed by atoms with Gasteiger partial charge in [0.25, 0.3) is 0 Å². The van der Waals surface area contributed by atoms with E-state index in [0.717, 1.165) is 44.5 Å². The van der Waals surface area contributed by atoms with E-state index in [1.165, 1.54) is 55.3 Å². The molecule has 0 amide bonds. The molecule has 0 atom stereocenters. The molecule has 0 N–H and O–H groups in total. The second kappa shape index (κ2) is 12.6. The summed E-state index contributed by atoms with van der Waals surface area (Å²) in [6, 6.07) is 61.5. The molecule has 2 aliphatic rings. The molecule has 0 saturated carbocycles. The van der Waals surface area contributed by atoms with E-state index in [1.807, 2.05) is 24.5 Å². The van der Waals surface area contributed by atoms with Crippen LogP contribution in [0.5, 0.6) is 0 Å². The summed E-state index contributed by atoms with van der Waals surface area (Å²) in [5, 5.41) is 21.6. The van der Waals surface area contributed by atoms with Crippen LogP contribution >= 0.6 is 0 Å². The fourth-order valence-corrected chi connectivity index (χ4v) is 9.48. The first kappa shape index (κ1) is 32.5. The van der Waals surface area contributed by atoms with E-state index in [1.54, 1.807) is 12.4 Å². The maximum Gasteiger partial charge on any atom is 0.101 e. The minimum absolute atomic E-state index is 0.537. The summed E-state index contributed by atoms with van der Waals surface area (Å²) in [7, 11) is 0. The smallest absolute Gasteiger partial charge is 0.101 e. The van der Waals surface area contributed by atoms with Crippen molar-refractivity contribution in [1.82, 2.24) is 9.97 Å². The molecule has 11 rings (SSSR count). The molecule has 0 fully saturated rings. The zero-order chi connectivity index (χ0) is 38.1. The normalized spacial score (nSPS) is 12.7. The lowest BCUT2D eigenvalue weighted by molar-refractivity contribution is 0.795. The predicted octanol–water partition coefficient (Wildman–Crippen LogP) is 12.4. The average molecular weight is 723 g/mol. The van der Waals surface area contributed by atoms with Crippen LogP contribution in [-0.2, 0) is 5.41 Å². The maximum absolute atomic E-state index is 9.62. The van der Waals surface area contributed by atoms with Crippen LogP contribution in [0.1, 0.15) is 33.4 Å². The molecule has 4 heteroatoms. The number of aromatic nitrogens is 2. The van der Waals surface area contributed by atoms with Gasteiger partial charge in [0.05, 0.1) is 16.5 Å². The van der Waals surface area contributed by atoms with Gasteiger partial charge >= 0.3 is 0 Å². The molecule has 7 aromatic carbocycles. The summed E-state index contributed by atoms with van der Waals surface area (Å²) in [5.74, 6) is 0. The van der Waals surface area contributed by atoms with Crippen molar-refractivity contribution in [2.75, 3.05) is 0 Å². The molecule has 0 bridgehead atoms. The highest BCUT2D eigenvalue weighted by atomic mass is 14.6. The standard InChI is InChI=1S/C53H30N4/c54-27-33-21-40(31-56-29-33)36-10-7-9-35(23-36)38-19-20-46-50(25-38)53(48-17-5-3-14-43(48)44-15-4-6-18-49(44)53)51-26-47(42-13-1-2-16-45(42)52(46)51)39-12-8-11-37(24-39)41-22-34(28-55)30-57-32-41/h1-26,29-32H. The highest BCUT2D eigenvalue weighted by Gasteiger charge is 2.52. The SMILES string of the molecule is N#Cc1cncc(-c2cccc(-c3ccc4c(c3)C3(c5ccccc5-c5ccccc53)c3cc(-c5cccc(-c6cncc(C#N)c6)c5)c5ccccc5c3-4)c2)c1. The summed E-state index contributed by atoms with van der Waals surface area (Å²) < 4.78 is 0. The largest absolute Gasteiger partial charge is 0.263 e. The van der Waals surface area contributed by atoms with Crippen LogP contribution in [0, 0.1) is 22.7 Å². The van der Waals surface area contributed by atoms with Gasteiger partial charge in [-0.25, -0.2) is 0 Å². The van der Waals surface area contributed by atoms with Gasteiger partial charge in [-0.1, -0.05) is 121 Å². The van der Waals surface area contributed by atoms with Crippen molar-refractivity contribution in [2.45, 2.75) is 5.41 Å². The van der Waals surface area contributed by atoms with Crippen LogP contribution in [0.25, 0.3) is 77.5 Å². The van der Waals surface area contributed by atoms with Gasteiger partial charge in [-0.15, -0.1) is 0 Å². The molecule has 0 unspecified atom stereocenters. The van der Waals surface area contributed by atoms with Crippen molar-refractivity contribution in [3.05, 3.63) is 216 Å². The number of nitriles is 2. The Labute approximate surface area is 330 Å². The van der Waals surface area contributed by atoms with Crippen LogP contribution in [-0.4, -0.2) is 9.97 Å². The van der Waals surface area contributed by atoms with Gasteiger partial charge in [0.2, 0.25) is 0 Å². The molecule has 1 spiro atoms. The van der Waals surface area contributed by atoms with Crippen LogP contribution in [0.3, 0.4) is 0 Å². The second-order valence-electron chi connectivity index (χ2n) is 14.8. The molecule has 0 radical (unpaired) electrons. The number of pyridine rings is 2. The fourth-order valence-electron chi connectivity index (χ4n) is 9.48. The van der Waals surface area contributed by atoms with Gasteiger partial charge in [-0.05, 0) is 125 Å². The van der Waals surface area contributed by atoms with E-state index in [0.29, 0.717) is 11.1 Å². The monoisotopic (exact) mass is 722 g/mol. The molecule has 0 aliphatic heterocycles. The molecule has 262 valence electrons. The minimum atomic E-state index is -0.571. The van der Waals surface area contributed by atoms with Crippen molar-refractivity contribution in [2.24, 2.45) is 0 Å². The number of nitrogens with zero attached hydrogens (tertiary/aromatic N) is 4. The zero-order valence-electron chi connectivity index (χ0n) is 30.6. The third-order valence-corrected chi connectivity index (χ3v) is 11.9. The highest BCUT2D eigenvalue weighted by molar-refractivity contribution is 6.11. The lowest BCUT2D eigenvalue weighted by Gasteiger charge is -2.31. The number of hydrogen-bond acceptors (Lipinski definition) is 4. The molecule has 2 heterocycles. The van der Waals surface area contributed by atoms with E-state index in [9.17, 15) is 10.5 Å². The Hall–Kier alpha value is -7.92. The van der Waals surface area contributed by atoms with Crippen molar-refractivity contribution < 1.29 is 0 Å². The zero-order valence-corrected chi connectivity index (χ0v) is 30.6.